The molecule has 1 rings (SSSR count). The minimum atomic E-state index is -0.166. The van der Waals surface area contributed by atoms with Crippen LogP contribution in [0.15, 0.2) is 35.7 Å². The molecule has 3 heteroatoms. The van der Waals surface area contributed by atoms with Crippen molar-refractivity contribution < 1.29 is 9.53 Å². The summed E-state index contributed by atoms with van der Waals surface area (Å²) in [5, 5.41) is 0. The molecule has 0 unspecified atom stereocenters. The van der Waals surface area contributed by atoms with Gasteiger partial charge in [-0.3, -0.25) is 4.79 Å². The molecule has 1 aromatic carbocycles. The van der Waals surface area contributed by atoms with Crippen molar-refractivity contribution in [1.82, 2.24) is 0 Å². The number of carbonyl (C=O) groups excluding carboxylic acids is 1. The van der Waals surface area contributed by atoms with E-state index in [2.05, 4.69) is 38.6 Å². The molecule has 0 bridgehead atoms. The zero-order valence-corrected chi connectivity index (χ0v) is 11.2. The van der Waals surface area contributed by atoms with Crippen molar-refractivity contribution in [1.29, 1.82) is 0 Å². The standard InChI is InChI=1S/C14H18O2S/c1-4-8-16-14(15)7-9-17-13-6-5-11(2)12(3)10-13/h4-6,10H,1,7-9H2,2-3H3. The van der Waals surface area contributed by atoms with Gasteiger partial charge in [-0.25, -0.2) is 0 Å². The second kappa shape index (κ2) is 7.17. The fourth-order valence-electron chi connectivity index (χ4n) is 1.28. The Bertz CT molecular complexity index is 399. The number of carbonyl (C=O) groups is 1. The van der Waals surface area contributed by atoms with Crippen molar-refractivity contribution in [2.45, 2.75) is 25.2 Å². The minimum absolute atomic E-state index is 0.166. The van der Waals surface area contributed by atoms with Crippen molar-refractivity contribution >= 4 is 17.7 Å². The molecule has 0 radical (unpaired) electrons. The van der Waals surface area contributed by atoms with Gasteiger partial charge in [-0.2, -0.15) is 0 Å². The van der Waals surface area contributed by atoms with Crippen LogP contribution in [-0.4, -0.2) is 18.3 Å². The summed E-state index contributed by atoms with van der Waals surface area (Å²) in [6, 6.07) is 6.34. The fraction of sp³-hybridized carbons (Fsp3) is 0.357. The van der Waals surface area contributed by atoms with Gasteiger partial charge in [0.05, 0.1) is 6.42 Å². The van der Waals surface area contributed by atoms with E-state index in [0.717, 1.165) is 5.75 Å². The molecule has 17 heavy (non-hydrogen) atoms. The normalized spacial score (nSPS) is 10.0. The maximum atomic E-state index is 11.2. The Morgan fingerprint density at radius 3 is 2.82 bits per heavy atom. The molecule has 0 heterocycles. The predicted octanol–water partition coefficient (Wildman–Crippen LogP) is 3.51. The van der Waals surface area contributed by atoms with Crippen molar-refractivity contribution in [2.24, 2.45) is 0 Å². The Morgan fingerprint density at radius 1 is 1.41 bits per heavy atom. The van der Waals surface area contributed by atoms with Gasteiger partial charge in [-0.15, -0.1) is 11.8 Å². The van der Waals surface area contributed by atoms with Crippen LogP contribution in [0.1, 0.15) is 17.5 Å². The second-order valence-electron chi connectivity index (χ2n) is 3.82. The van der Waals surface area contributed by atoms with Gasteiger partial charge >= 0.3 is 5.97 Å². The molecule has 1 aromatic rings. The highest BCUT2D eigenvalue weighted by atomic mass is 32.2. The second-order valence-corrected chi connectivity index (χ2v) is 4.98. The summed E-state index contributed by atoms with van der Waals surface area (Å²) in [6.07, 6.45) is 2.01. The molecule has 0 amide bonds. The van der Waals surface area contributed by atoms with E-state index >= 15 is 0 Å². The van der Waals surface area contributed by atoms with Gasteiger partial charge < -0.3 is 4.74 Å². The highest BCUT2D eigenvalue weighted by Crippen LogP contribution is 2.21. The average Bonchev–Trinajstić information content (AvgIpc) is 2.31. The molecule has 2 nitrogen and oxygen atoms in total. The van der Waals surface area contributed by atoms with Gasteiger partial charge in [-0.05, 0) is 37.1 Å². The van der Waals surface area contributed by atoms with E-state index in [-0.39, 0.29) is 5.97 Å². The summed E-state index contributed by atoms with van der Waals surface area (Å²) >= 11 is 1.68. The van der Waals surface area contributed by atoms with Gasteiger partial charge in [0.1, 0.15) is 6.61 Å². The molecule has 0 aromatic heterocycles. The monoisotopic (exact) mass is 250 g/mol. The third-order valence-electron chi connectivity index (χ3n) is 2.42. The largest absolute Gasteiger partial charge is 0.461 e. The molecule has 92 valence electrons. The molecule has 0 aliphatic rings. The number of hydrogen-bond donors (Lipinski definition) is 0. The molecule has 0 saturated carbocycles. The van der Waals surface area contributed by atoms with Crippen molar-refractivity contribution in [3.63, 3.8) is 0 Å². The first kappa shape index (κ1) is 13.8. The number of thioether (sulfide) groups is 1. The molecule has 0 atom stereocenters. The van der Waals surface area contributed by atoms with Crippen LogP contribution in [-0.2, 0) is 9.53 Å². The van der Waals surface area contributed by atoms with Gasteiger partial charge in [0.15, 0.2) is 0 Å². The highest BCUT2D eigenvalue weighted by molar-refractivity contribution is 7.99. The Kier molecular flexibility index (Phi) is 5.84. The van der Waals surface area contributed by atoms with E-state index in [4.69, 9.17) is 4.74 Å². The molecular weight excluding hydrogens is 232 g/mol. The zero-order valence-electron chi connectivity index (χ0n) is 10.4. The number of esters is 1. The minimum Gasteiger partial charge on any atom is -0.461 e. The topological polar surface area (TPSA) is 26.3 Å². The lowest BCUT2D eigenvalue weighted by molar-refractivity contribution is -0.141. The lowest BCUT2D eigenvalue weighted by Crippen LogP contribution is -2.05. The van der Waals surface area contributed by atoms with Gasteiger partial charge in [0, 0.05) is 10.6 Å². The average molecular weight is 250 g/mol. The molecule has 0 spiro atoms. The lowest BCUT2D eigenvalue weighted by Gasteiger charge is -2.05. The van der Waals surface area contributed by atoms with Gasteiger partial charge in [0.25, 0.3) is 0 Å². The molecule has 0 N–H and O–H groups in total. The fourth-order valence-corrected chi connectivity index (χ4v) is 2.21. The van der Waals surface area contributed by atoms with Crippen LogP contribution in [0, 0.1) is 13.8 Å². The third-order valence-corrected chi connectivity index (χ3v) is 3.41. The van der Waals surface area contributed by atoms with Crippen LogP contribution in [0.5, 0.6) is 0 Å². The summed E-state index contributed by atoms with van der Waals surface area (Å²) in [4.78, 5) is 12.4. The van der Waals surface area contributed by atoms with Gasteiger partial charge in [-0.1, -0.05) is 18.7 Å². The Morgan fingerprint density at radius 2 is 2.18 bits per heavy atom. The number of ether oxygens (including phenoxy) is 1. The maximum Gasteiger partial charge on any atom is 0.306 e. The number of rotatable bonds is 6. The number of aryl methyl sites for hydroxylation is 2. The van der Waals surface area contributed by atoms with E-state index in [1.165, 1.54) is 16.0 Å². The summed E-state index contributed by atoms with van der Waals surface area (Å²) in [5.74, 6) is 0.583. The van der Waals surface area contributed by atoms with Crippen LogP contribution in [0.2, 0.25) is 0 Å². The SMILES string of the molecule is C=CCOC(=O)CCSc1ccc(C)c(C)c1. The highest BCUT2D eigenvalue weighted by Gasteiger charge is 2.03. The van der Waals surface area contributed by atoms with E-state index in [0.29, 0.717) is 13.0 Å². The van der Waals surface area contributed by atoms with Crippen LogP contribution in [0.25, 0.3) is 0 Å². The molecule has 0 aliphatic heterocycles. The van der Waals surface area contributed by atoms with E-state index in [1.807, 2.05) is 0 Å². The van der Waals surface area contributed by atoms with E-state index in [1.54, 1.807) is 17.8 Å². The first-order valence-corrected chi connectivity index (χ1v) is 6.58. The van der Waals surface area contributed by atoms with Crippen LogP contribution >= 0.6 is 11.8 Å². The van der Waals surface area contributed by atoms with E-state index in [9.17, 15) is 4.79 Å². The Hall–Kier alpha value is -1.22. The van der Waals surface area contributed by atoms with Crippen molar-refractivity contribution in [2.75, 3.05) is 12.4 Å². The Balaban J connectivity index is 2.33. The van der Waals surface area contributed by atoms with Crippen LogP contribution in [0.3, 0.4) is 0 Å². The zero-order chi connectivity index (χ0) is 12.7. The lowest BCUT2D eigenvalue weighted by atomic mass is 10.1. The quantitative estimate of drug-likeness (QED) is 0.439. The van der Waals surface area contributed by atoms with Crippen molar-refractivity contribution in [3.05, 3.63) is 42.0 Å². The molecule has 0 saturated heterocycles. The summed E-state index contributed by atoms with van der Waals surface area (Å²) < 4.78 is 4.90. The summed E-state index contributed by atoms with van der Waals surface area (Å²) in [7, 11) is 0. The predicted molar refractivity (Wildman–Crippen MR) is 72.4 cm³/mol. The smallest absolute Gasteiger partial charge is 0.306 e. The first-order chi connectivity index (χ1) is 8.13. The molecular formula is C14H18O2S. The van der Waals surface area contributed by atoms with Crippen molar-refractivity contribution in [3.8, 4) is 0 Å². The molecule has 0 fully saturated rings. The number of benzene rings is 1. The van der Waals surface area contributed by atoms with Gasteiger partial charge in [0.2, 0.25) is 0 Å². The van der Waals surface area contributed by atoms with Crippen LogP contribution in [0.4, 0.5) is 0 Å². The Labute approximate surface area is 107 Å². The number of hydrogen-bond acceptors (Lipinski definition) is 3. The summed E-state index contributed by atoms with van der Waals surface area (Å²) in [5.41, 5.74) is 2.57. The first-order valence-electron chi connectivity index (χ1n) is 5.60. The molecule has 0 aliphatic carbocycles. The third kappa shape index (κ3) is 5.09. The summed E-state index contributed by atoms with van der Waals surface area (Å²) in [6.45, 7) is 7.98. The maximum absolute atomic E-state index is 11.2. The van der Waals surface area contributed by atoms with E-state index < -0.39 is 0 Å². The van der Waals surface area contributed by atoms with Crippen LogP contribution < -0.4 is 0 Å².